The summed E-state index contributed by atoms with van der Waals surface area (Å²) >= 11 is 0. The summed E-state index contributed by atoms with van der Waals surface area (Å²) in [6, 6.07) is 8.05. The molecule has 140 valence electrons. The van der Waals surface area contributed by atoms with Gasteiger partial charge in [-0.05, 0) is 12.1 Å². The molecule has 1 fully saturated rings. The first-order chi connectivity index (χ1) is 12.8. The molecule has 3 rings (SSSR count). The maximum absolute atomic E-state index is 12.6. The van der Waals surface area contributed by atoms with Crippen molar-refractivity contribution in [1.82, 2.24) is 4.98 Å². The molecule has 0 N–H and O–H groups in total. The topological polar surface area (TPSA) is 92.3 Å². The fraction of sp³-hybridized carbons (Fsp3) is 0.294. The zero-order valence-electron chi connectivity index (χ0n) is 13.8. The average molecular weight is 378 g/mol. The van der Waals surface area contributed by atoms with Crippen LogP contribution in [0.25, 0.3) is 0 Å². The molecule has 1 unspecified atom stereocenters. The van der Waals surface area contributed by atoms with Crippen molar-refractivity contribution in [2.24, 2.45) is 0 Å². The van der Waals surface area contributed by atoms with E-state index in [4.69, 9.17) is 4.74 Å². The van der Waals surface area contributed by atoms with Gasteiger partial charge in [-0.1, -0.05) is 0 Å². The van der Waals surface area contributed by atoms with Gasteiger partial charge in [0.05, 0.1) is 28.3 Å². The fourth-order valence-corrected chi connectivity index (χ4v) is 2.83. The highest BCUT2D eigenvalue weighted by Crippen LogP contribution is 2.31. The monoisotopic (exact) mass is 378 g/mol. The molecule has 7 nitrogen and oxygen atoms in total. The lowest BCUT2D eigenvalue weighted by atomic mass is 10.1. The molecule has 0 aliphatic carbocycles. The molecular formula is C17H13F3N4O3. The van der Waals surface area contributed by atoms with Gasteiger partial charge in [-0.15, -0.1) is 0 Å². The number of alkyl halides is 3. The van der Waals surface area contributed by atoms with E-state index in [0.717, 1.165) is 12.1 Å². The summed E-state index contributed by atoms with van der Waals surface area (Å²) in [4.78, 5) is 15.8. The van der Waals surface area contributed by atoms with Crippen molar-refractivity contribution < 1.29 is 22.8 Å². The molecule has 2 heterocycles. The summed E-state index contributed by atoms with van der Waals surface area (Å²) in [5.74, 6) is 0.0825. The normalized spacial score (nSPS) is 16.8. The Morgan fingerprint density at radius 1 is 1.33 bits per heavy atom. The number of ether oxygens (including phenoxy) is 1. The Hall–Kier alpha value is -3.35. The minimum Gasteiger partial charge on any atom is -0.472 e. The number of rotatable bonds is 4. The molecule has 1 aliphatic rings. The highest BCUT2D eigenvalue weighted by molar-refractivity contribution is 5.63. The number of halogens is 3. The van der Waals surface area contributed by atoms with Crippen LogP contribution in [0.15, 0.2) is 36.5 Å². The van der Waals surface area contributed by atoms with Crippen LogP contribution in [0.5, 0.6) is 5.88 Å². The number of anilines is 1. The molecule has 0 bridgehead atoms. The first-order valence-corrected chi connectivity index (χ1v) is 7.91. The molecule has 2 aromatic rings. The molecule has 10 heteroatoms. The number of aromatic nitrogens is 1. The van der Waals surface area contributed by atoms with Crippen LogP contribution < -0.4 is 9.64 Å². The minimum absolute atomic E-state index is 0.0825. The van der Waals surface area contributed by atoms with Gasteiger partial charge in [-0.3, -0.25) is 10.1 Å². The molecule has 1 saturated heterocycles. The van der Waals surface area contributed by atoms with E-state index < -0.39 is 16.7 Å². The third-order valence-corrected chi connectivity index (χ3v) is 4.15. The minimum atomic E-state index is -4.46. The molecule has 0 amide bonds. The number of nitro benzene ring substituents is 1. The van der Waals surface area contributed by atoms with Gasteiger partial charge < -0.3 is 9.64 Å². The van der Waals surface area contributed by atoms with E-state index in [-0.39, 0.29) is 23.2 Å². The number of benzene rings is 1. The second kappa shape index (κ2) is 7.11. The van der Waals surface area contributed by atoms with Gasteiger partial charge in [-0.2, -0.15) is 18.4 Å². The van der Waals surface area contributed by atoms with E-state index in [9.17, 15) is 28.5 Å². The SMILES string of the molecule is N#Cc1cc([N+](=O)[O-])ccc1N1CCC(Oc2ccc(C(F)(F)F)cn2)C1. The second-order valence-electron chi connectivity index (χ2n) is 5.93. The van der Waals surface area contributed by atoms with Crippen LogP contribution in [-0.4, -0.2) is 29.1 Å². The molecule has 1 aliphatic heterocycles. The first-order valence-electron chi connectivity index (χ1n) is 7.91. The number of nitro groups is 1. The highest BCUT2D eigenvalue weighted by Gasteiger charge is 2.31. The maximum Gasteiger partial charge on any atom is 0.417 e. The molecule has 27 heavy (non-hydrogen) atoms. The van der Waals surface area contributed by atoms with Crippen LogP contribution in [0.2, 0.25) is 0 Å². The molecular weight excluding hydrogens is 365 g/mol. The lowest BCUT2D eigenvalue weighted by molar-refractivity contribution is -0.384. The number of non-ortho nitro benzene ring substituents is 1. The van der Waals surface area contributed by atoms with Crippen LogP contribution in [0, 0.1) is 21.4 Å². The van der Waals surface area contributed by atoms with Crippen molar-refractivity contribution in [2.45, 2.75) is 18.7 Å². The standard InChI is InChI=1S/C17H13F3N4O3/c18-17(19,20)12-1-4-16(22-9-12)27-14-5-6-23(10-14)15-3-2-13(24(25)26)7-11(15)8-21/h1-4,7,9,14H,5-6,10H2. The Balaban J connectivity index is 1.69. The van der Waals surface area contributed by atoms with Crippen LogP contribution in [0.3, 0.4) is 0 Å². The predicted octanol–water partition coefficient (Wildman–Crippen LogP) is 3.54. The van der Waals surface area contributed by atoms with E-state index in [2.05, 4.69) is 4.98 Å². The summed E-state index contributed by atoms with van der Waals surface area (Å²) < 4.78 is 43.3. The number of nitriles is 1. The van der Waals surface area contributed by atoms with Crippen molar-refractivity contribution in [1.29, 1.82) is 5.26 Å². The number of nitrogens with zero attached hydrogens (tertiary/aromatic N) is 4. The maximum atomic E-state index is 12.6. The Morgan fingerprint density at radius 3 is 2.70 bits per heavy atom. The number of hydrogen-bond donors (Lipinski definition) is 0. The fourth-order valence-electron chi connectivity index (χ4n) is 2.83. The van der Waals surface area contributed by atoms with Crippen molar-refractivity contribution >= 4 is 11.4 Å². The molecule has 0 saturated carbocycles. The van der Waals surface area contributed by atoms with E-state index >= 15 is 0 Å². The summed E-state index contributed by atoms with van der Waals surface area (Å²) in [5, 5.41) is 20.1. The van der Waals surface area contributed by atoms with E-state index in [1.165, 1.54) is 18.2 Å². The van der Waals surface area contributed by atoms with Crippen molar-refractivity contribution in [3.05, 3.63) is 57.8 Å². The Bertz CT molecular complexity index is 894. The van der Waals surface area contributed by atoms with Crippen molar-refractivity contribution in [3.63, 3.8) is 0 Å². The van der Waals surface area contributed by atoms with E-state index in [1.54, 1.807) is 0 Å². The third-order valence-electron chi connectivity index (χ3n) is 4.15. The summed E-state index contributed by atoms with van der Waals surface area (Å²) in [7, 11) is 0. The Morgan fingerprint density at radius 2 is 2.11 bits per heavy atom. The van der Waals surface area contributed by atoms with Crippen molar-refractivity contribution in [2.75, 3.05) is 18.0 Å². The Kier molecular flexibility index (Phi) is 4.85. The number of hydrogen-bond acceptors (Lipinski definition) is 6. The third kappa shape index (κ3) is 4.08. The van der Waals surface area contributed by atoms with E-state index in [0.29, 0.717) is 31.4 Å². The molecule has 1 aromatic carbocycles. The first kappa shape index (κ1) is 18.4. The van der Waals surface area contributed by atoms with Crippen LogP contribution in [-0.2, 0) is 6.18 Å². The van der Waals surface area contributed by atoms with Crippen LogP contribution in [0.1, 0.15) is 17.5 Å². The van der Waals surface area contributed by atoms with Gasteiger partial charge in [0.25, 0.3) is 5.69 Å². The van der Waals surface area contributed by atoms with Gasteiger partial charge in [0.2, 0.25) is 5.88 Å². The van der Waals surface area contributed by atoms with Gasteiger partial charge in [0.1, 0.15) is 12.2 Å². The molecule has 1 atom stereocenters. The average Bonchev–Trinajstić information content (AvgIpc) is 3.09. The van der Waals surface area contributed by atoms with Gasteiger partial charge in [0, 0.05) is 37.4 Å². The van der Waals surface area contributed by atoms with E-state index in [1.807, 2.05) is 11.0 Å². The van der Waals surface area contributed by atoms with Gasteiger partial charge >= 0.3 is 6.18 Å². The lowest BCUT2D eigenvalue weighted by Crippen LogP contribution is -2.25. The van der Waals surface area contributed by atoms with Gasteiger partial charge in [-0.25, -0.2) is 4.98 Å². The second-order valence-corrected chi connectivity index (χ2v) is 5.93. The lowest BCUT2D eigenvalue weighted by Gasteiger charge is -2.20. The largest absolute Gasteiger partial charge is 0.472 e. The predicted molar refractivity (Wildman–Crippen MR) is 88.3 cm³/mol. The highest BCUT2D eigenvalue weighted by atomic mass is 19.4. The summed E-state index contributed by atoms with van der Waals surface area (Å²) in [5.41, 5.74) is -0.296. The summed E-state index contributed by atoms with van der Waals surface area (Å²) in [6.45, 7) is 0.924. The zero-order valence-corrected chi connectivity index (χ0v) is 13.8. The smallest absolute Gasteiger partial charge is 0.417 e. The van der Waals surface area contributed by atoms with Crippen LogP contribution >= 0.6 is 0 Å². The molecule has 0 spiro atoms. The quantitative estimate of drug-likeness (QED) is 0.597. The zero-order chi connectivity index (χ0) is 19.6. The summed E-state index contributed by atoms with van der Waals surface area (Å²) in [6.07, 6.45) is -3.49. The van der Waals surface area contributed by atoms with Crippen LogP contribution in [0.4, 0.5) is 24.5 Å². The van der Waals surface area contributed by atoms with Crippen molar-refractivity contribution in [3.8, 4) is 11.9 Å². The number of pyridine rings is 1. The Labute approximate surface area is 151 Å². The van der Waals surface area contributed by atoms with Gasteiger partial charge in [0.15, 0.2) is 0 Å². The molecule has 0 radical (unpaired) electrons. The molecule has 1 aromatic heterocycles.